The topological polar surface area (TPSA) is 71.8 Å². The van der Waals surface area contributed by atoms with Crippen molar-refractivity contribution in [3.8, 4) is 0 Å². The molecular formula is C11H21N5O. The number of rotatable bonds is 7. The highest BCUT2D eigenvalue weighted by molar-refractivity contribution is 5.78. The minimum absolute atomic E-state index is 0.0355. The van der Waals surface area contributed by atoms with E-state index in [1.807, 2.05) is 20.9 Å². The average molecular weight is 239 g/mol. The third kappa shape index (κ3) is 5.44. The molecule has 0 aliphatic heterocycles. The van der Waals surface area contributed by atoms with Gasteiger partial charge in [0.05, 0.1) is 6.54 Å². The molecule has 0 bridgehead atoms. The first-order valence-corrected chi connectivity index (χ1v) is 5.96. The molecule has 1 unspecified atom stereocenters. The van der Waals surface area contributed by atoms with Crippen molar-refractivity contribution in [2.45, 2.75) is 32.7 Å². The summed E-state index contributed by atoms with van der Waals surface area (Å²) in [6.07, 6.45) is 3.35. The zero-order valence-corrected chi connectivity index (χ0v) is 10.7. The lowest BCUT2D eigenvalue weighted by Crippen LogP contribution is -2.39. The van der Waals surface area contributed by atoms with Gasteiger partial charge in [0.1, 0.15) is 6.33 Å². The molecule has 1 atom stereocenters. The number of aryl methyl sites for hydroxylation is 1. The molecule has 0 aromatic carbocycles. The number of hydrogen-bond donors (Lipinski definition) is 2. The second-order valence-electron chi connectivity index (χ2n) is 4.14. The maximum atomic E-state index is 11.4. The molecule has 0 saturated carbocycles. The fourth-order valence-corrected chi connectivity index (χ4v) is 1.33. The van der Waals surface area contributed by atoms with Gasteiger partial charge in [-0.2, -0.15) is 5.10 Å². The summed E-state index contributed by atoms with van der Waals surface area (Å²) in [5, 5.41) is 10.1. The molecule has 0 spiro atoms. The second-order valence-corrected chi connectivity index (χ2v) is 4.14. The van der Waals surface area contributed by atoms with Crippen LogP contribution in [-0.4, -0.2) is 39.8 Å². The Balaban J connectivity index is 2.10. The number of amides is 1. The van der Waals surface area contributed by atoms with Gasteiger partial charge < -0.3 is 10.6 Å². The molecule has 6 nitrogen and oxygen atoms in total. The Kier molecular flexibility index (Phi) is 5.62. The van der Waals surface area contributed by atoms with Crippen LogP contribution in [0, 0.1) is 0 Å². The summed E-state index contributed by atoms with van der Waals surface area (Å²) >= 11 is 0. The average Bonchev–Trinajstić information content (AvgIpc) is 2.70. The van der Waals surface area contributed by atoms with E-state index in [4.69, 9.17) is 0 Å². The summed E-state index contributed by atoms with van der Waals surface area (Å²) in [5.74, 6) is 0.829. The van der Waals surface area contributed by atoms with Crippen molar-refractivity contribution in [2.75, 3.05) is 13.1 Å². The number of nitrogens with one attached hydrogen (secondary N) is 2. The van der Waals surface area contributed by atoms with Crippen LogP contribution in [0.25, 0.3) is 0 Å². The van der Waals surface area contributed by atoms with Crippen LogP contribution in [0.2, 0.25) is 0 Å². The Morgan fingerprint density at radius 2 is 2.35 bits per heavy atom. The smallest absolute Gasteiger partial charge is 0.234 e. The van der Waals surface area contributed by atoms with Crippen molar-refractivity contribution in [3.63, 3.8) is 0 Å². The Labute approximate surface area is 102 Å². The van der Waals surface area contributed by atoms with E-state index in [0.717, 1.165) is 18.7 Å². The Bertz CT molecular complexity index is 349. The van der Waals surface area contributed by atoms with Crippen molar-refractivity contribution in [2.24, 2.45) is 7.05 Å². The van der Waals surface area contributed by atoms with Crippen molar-refractivity contribution in [1.82, 2.24) is 25.4 Å². The third-order valence-corrected chi connectivity index (χ3v) is 2.48. The van der Waals surface area contributed by atoms with Crippen molar-refractivity contribution in [3.05, 3.63) is 12.2 Å². The summed E-state index contributed by atoms with van der Waals surface area (Å²) in [6.45, 7) is 5.09. The van der Waals surface area contributed by atoms with Crippen LogP contribution in [0.15, 0.2) is 6.33 Å². The second kappa shape index (κ2) is 7.01. The lowest BCUT2D eigenvalue weighted by atomic mass is 10.2. The first-order valence-electron chi connectivity index (χ1n) is 5.96. The van der Waals surface area contributed by atoms with Gasteiger partial charge in [0.2, 0.25) is 5.91 Å². The molecule has 2 N–H and O–H groups in total. The standard InChI is InChI=1S/C11H21N5O/c1-4-9(2)14-11(17)7-12-6-5-10-13-8-16(3)15-10/h8-9,12H,4-7H2,1-3H3,(H,14,17). The van der Waals surface area contributed by atoms with Crippen molar-refractivity contribution >= 4 is 5.91 Å². The first-order chi connectivity index (χ1) is 8.11. The highest BCUT2D eigenvalue weighted by atomic mass is 16.1. The molecule has 1 heterocycles. The van der Waals surface area contributed by atoms with Gasteiger partial charge >= 0.3 is 0 Å². The summed E-state index contributed by atoms with van der Waals surface area (Å²) in [6, 6.07) is 0.238. The molecule has 1 aromatic heterocycles. The molecule has 1 amide bonds. The molecule has 0 aliphatic carbocycles. The van der Waals surface area contributed by atoms with E-state index >= 15 is 0 Å². The van der Waals surface area contributed by atoms with Crippen LogP contribution in [-0.2, 0) is 18.3 Å². The molecule has 0 aliphatic rings. The number of carbonyl (C=O) groups is 1. The van der Waals surface area contributed by atoms with Gasteiger partial charge in [-0.3, -0.25) is 9.48 Å². The van der Waals surface area contributed by atoms with Crippen LogP contribution in [0.1, 0.15) is 26.1 Å². The molecule has 0 fully saturated rings. The molecule has 1 aromatic rings. The number of carbonyl (C=O) groups excluding carboxylic acids is 1. The minimum Gasteiger partial charge on any atom is -0.353 e. The molecule has 1 rings (SSSR count). The van der Waals surface area contributed by atoms with Crippen LogP contribution in [0.4, 0.5) is 0 Å². The SMILES string of the molecule is CCC(C)NC(=O)CNCCc1ncn(C)n1. The maximum Gasteiger partial charge on any atom is 0.234 e. The van der Waals surface area contributed by atoms with E-state index in [2.05, 4.69) is 20.7 Å². The third-order valence-electron chi connectivity index (χ3n) is 2.48. The van der Waals surface area contributed by atoms with Crippen LogP contribution < -0.4 is 10.6 Å². The zero-order valence-electron chi connectivity index (χ0n) is 10.7. The molecule has 0 saturated heterocycles. The number of nitrogens with zero attached hydrogens (tertiary/aromatic N) is 3. The Hall–Kier alpha value is -1.43. The lowest BCUT2D eigenvalue weighted by Gasteiger charge is -2.11. The quantitative estimate of drug-likeness (QED) is 0.650. The van der Waals surface area contributed by atoms with Gasteiger partial charge in [-0.1, -0.05) is 6.92 Å². The van der Waals surface area contributed by atoms with Gasteiger partial charge in [-0.05, 0) is 13.3 Å². The fourth-order valence-electron chi connectivity index (χ4n) is 1.33. The van der Waals surface area contributed by atoms with Gasteiger partial charge in [-0.15, -0.1) is 0 Å². The predicted molar refractivity (Wildman–Crippen MR) is 65.5 cm³/mol. The van der Waals surface area contributed by atoms with E-state index in [1.165, 1.54) is 0 Å². The molecule has 6 heteroatoms. The van der Waals surface area contributed by atoms with Gasteiger partial charge in [0, 0.05) is 26.1 Å². The van der Waals surface area contributed by atoms with Crippen molar-refractivity contribution < 1.29 is 4.79 Å². The summed E-state index contributed by atoms with van der Waals surface area (Å²) in [4.78, 5) is 15.5. The zero-order chi connectivity index (χ0) is 12.7. The minimum atomic E-state index is 0.0355. The predicted octanol–water partition coefficient (Wildman–Crippen LogP) is -0.138. The number of aromatic nitrogens is 3. The Morgan fingerprint density at radius 1 is 1.59 bits per heavy atom. The lowest BCUT2D eigenvalue weighted by molar-refractivity contribution is -0.120. The van der Waals surface area contributed by atoms with Gasteiger partial charge in [0.25, 0.3) is 0 Å². The van der Waals surface area contributed by atoms with Crippen LogP contribution in [0.5, 0.6) is 0 Å². The largest absolute Gasteiger partial charge is 0.353 e. The first kappa shape index (κ1) is 13.6. The van der Waals surface area contributed by atoms with Gasteiger partial charge in [-0.25, -0.2) is 4.98 Å². The van der Waals surface area contributed by atoms with Crippen LogP contribution in [0.3, 0.4) is 0 Å². The van der Waals surface area contributed by atoms with Crippen molar-refractivity contribution in [1.29, 1.82) is 0 Å². The number of hydrogen-bond acceptors (Lipinski definition) is 4. The normalized spacial score (nSPS) is 12.4. The van der Waals surface area contributed by atoms with Gasteiger partial charge in [0.15, 0.2) is 5.82 Å². The van der Waals surface area contributed by atoms with E-state index in [-0.39, 0.29) is 11.9 Å². The summed E-state index contributed by atoms with van der Waals surface area (Å²) in [5.41, 5.74) is 0. The van der Waals surface area contributed by atoms with E-state index in [9.17, 15) is 4.79 Å². The summed E-state index contributed by atoms with van der Waals surface area (Å²) in [7, 11) is 1.84. The molecule has 0 radical (unpaired) electrons. The van der Waals surface area contributed by atoms with E-state index in [1.54, 1.807) is 11.0 Å². The highest BCUT2D eigenvalue weighted by Gasteiger charge is 2.04. The van der Waals surface area contributed by atoms with E-state index in [0.29, 0.717) is 13.1 Å². The van der Waals surface area contributed by atoms with Crippen LogP contribution >= 0.6 is 0 Å². The molecule has 17 heavy (non-hydrogen) atoms. The molecular weight excluding hydrogens is 218 g/mol. The Morgan fingerprint density at radius 3 is 2.94 bits per heavy atom. The maximum absolute atomic E-state index is 11.4. The monoisotopic (exact) mass is 239 g/mol. The molecule has 96 valence electrons. The fraction of sp³-hybridized carbons (Fsp3) is 0.727. The summed E-state index contributed by atoms with van der Waals surface area (Å²) < 4.78 is 1.67. The van der Waals surface area contributed by atoms with E-state index < -0.39 is 0 Å². The highest BCUT2D eigenvalue weighted by Crippen LogP contribution is 1.88.